The molecule has 1 aliphatic rings. The fourth-order valence-electron chi connectivity index (χ4n) is 1.96. The molecule has 1 fully saturated rings. The summed E-state index contributed by atoms with van der Waals surface area (Å²) in [5.74, 6) is 0.927. The van der Waals surface area contributed by atoms with Crippen molar-refractivity contribution < 1.29 is 4.74 Å². The number of nitrogens with one attached hydrogen (secondary N) is 1. The highest BCUT2D eigenvalue weighted by Gasteiger charge is 2.19. The van der Waals surface area contributed by atoms with Gasteiger partial charge >= 0.3 is 0 Å². The maximum absolute atomic E-state index is 5.55. The van der Waals surface area contributed by atoms with Crippen LogP contribution in [0.2, 0.25) is 0 Å². The number of hydrogen-bond acceptors (Lipinski definition) is 2. The molecule has 2 heteroatoms. The van der Waals surface area contributed by atoms with Crippen LogP contribution in [-0.4, -0.2) is 25.8 Å². The molecule has 0 spiro atoms. The molecule has 0 aliphatic carbocycles. The quantitative estimate of drug-likeness (QED) is 0.663. The predicted octanol–water partition coefficient (Wildman–Crippen LogP) is 2.19. The Hall–Kier alpha value is -0.0800. The predicted molar refractivity (Wildman–Crippen MR) is 55.9 cm³/mol. The molecule has 0 bridgehead atoms. The van der Waals surface area contributed by atoms with E-state index >= 15 is 0 Å². The molecule has 1 rings (SSSR count). The first-order valence-corrected chi connectivity index (χ1v) is 5.68. The fourth-order valence-corrected chi connectivity index (χ4v) is 1.96. The second-order valence-corrected chi connectivity index (χ2v) is 4.02. The van der Waals surface area contributed by atoms with Gasteiger partial charge < -0.3 is 10.1 Å². The van der Waals surface area contributed by atoms with Crippen LogP contribution in [0.15, 0.2) is 0 Å². The Morgan fingerprint density at radius 1 is 1.38 bits per heavy atom. The van der Waals surface area contributed by atoms with Crippen molar-refractivity contribution in [2.45, 2.75) is 45.6 Å². The maximum atomic E-state index is 5.55. The summed E-state index contributed by atoms with van der Waals surface area (Å²) in [6, 6.07) is 0.616. The third-order valence-corrected chi connectivity index (χ3v) is 2.85. The minimum absolute atomic E-state index is 0.616. The zero-order chi connectivity index (χ0) is 9.52. The Morgan fingerprint density at radius 2 is 2.23 bits per heavy atom. The lowest BCUT2D eigenvalue weighted by molar-refractivity contribution is 0.0942. The van der Waals surface area contributed by atoms with Crippen LogP contribution in [0.3, 0.4) is 0 Å². The number of hydrogen-bond donors (Lipinski definition) is 1. The minimum atomic E-state index is 0.616. The Morgan fingerprint density at radius 3 is 2.92 bits per heavy atom. The zero-order valence-electron chi connectivity index (χ0n) is 9.01. The topological polar surface area (TPSA) is 21.3 Å². The van der Waals surface area contributed by atoms with Crippen LogP contribution in [0.4, 0.5) is 0 Å². The first kappa shape index (κ1) is 11.0. The van der Waals surface area contributed by atoms with Gasteiger partial charge in [-0.15, -0.1) is 0 Å². The standard InChI is InChI=1S/C11H23NO/c1-3-7-13-9-11-8-10(4-2)5-6-12-11/h10-12H,3-9H2,1-2H3. The molecule has 2 nitrogen and oxygen atoms in total. The lowest BCUT2D eigenvalue weighted by Gasteiger charge is -2.29. The summed E-state index contributed by atoms with van der Waals surface area (Å²) in [4.78, 5) is 0. The Kier molecular flexibility index (Phi) is 5.40. The summed E-state index contributed by atoms with van der Waals surface area (Å²) in [5, 5.41) is 3.52. The number of ether oxygens (including phenoxy) is 1. The lowest BCUT2D eigenvalue weighted by Crippen LogP contribution is -2.41. The van der Waals surface area contributed by atoms with Crippen LogP contribution in [0.25, 0.3) is 0 Å². The second kappa shape index (κ2) is 6.39. The highest BCUT2D eigenvalue weighted by atomic mass is 16.5. The molecule has 1 aliphatic heterocycles. The van der Waals surface area contributed by atoms with E-state index in [4.69, 9.17) is 4.74 Å². The van der Waals surface area contributed by atoms with Crippen molar-refractivity contribution in [1.29, 1.82) is 0 Å². The molecule has 2 atom stereocenters. The third-order valence-electron chi connectivity index (χ3n) is 2.85. The third kappa shape index (κ3) is 4.10. The van der Waals surface area contributed by atoms with E-state index in [0.29, 0.717) is 6.04 Å². The van der Waals surface area contributed by atoms with Gasteiger partial charge in [-0.3, -0.25) is 0 Å². The molecular weight excluding hydrogens is 162 g/mol. The normalized spacial score (nSPS) is 29.1. The van der Waals surface area contributed by atoms with Gasteiger partial charge in [-0.25, -0.2) is 0 Å². The van der Waals surface area contributed by atoms with Crippen LogP contribution in [-0.2, 0) is 4.74 Å². The van der Waals surface area contributed by atoms with Crippen LogP contribution < -0.4 is 5.32 Å². The van der Waals surface area contributed by atoms with Gasteiger partial charge in [0.2, 0.25) is 0 Å². The minimum Gasteiger partial charge on any atom is -0.380 e. The highest BCUT2D eigenvalue weighted by Crippen LogP contribution is 2.19. The second-order valence-electron chi connectivity index (χ2n) is 4.02. The Labute approximate surface area is 82.0 Å². The molecule has 1 saturated heterocycles. The van der Waals surface area contributed by atoms with E-state index in [1.54, 1.807) is 0 Å². The fraction of sp³-hybridized carbons (Fsp3) is 1.00. The van der Waals surface area contributed by atoms with Gasteiger partial charge in [-0.2, -0.15) is 0 Å². The van der Waals surface area contributed by atoms with Crippen LogP contribution in [0.5, 0.6) is 0 Å². The summed E-state index contributed by atoms with van der Waals surface area (Å²) in [5.41, 5.74) is 0. The Bertz CT molecular complexity index is 127. The molecule has 0 amide bonds. The van der Waals surface area contributed by atoms with Crippen molar-refractivity contribution in [2.24, 2.45) is 5.92 Å². The van der Waals surface area contributed by atoms with Crippen LogP contribution >= 0.6 is 0 Å². The van der Waals surface area contributed by atoms with Crippen molar-refractivity contribution in [2.75, 3.05) is 19.8 Å². The van der Waals surface area contributed by atoms with E-state index in [0.717, 1.165) is 25.6 Å². The molecule has 0 saturated carbocycles. The summed E-state index contributed by atoms with van der Waals surface area (Å²) < 4.78 is 5.55. The van der Waals surface area contributed by atoms with Gasteiger partial charge in [0.25, 0.3) is 0 Å². The number of rotatable bonds is 5. The lowest BCUT2D eigenvalue weighted by atomic mass is 9.91. The molecule has 0 aromatic heterocycles. The molecule has 2 unspecified atom stereocenters. The summed E-state index contributed by atoms with van der Waals surface area (Å²) >= 11 is 0. The number of piperidine rings is 1. The van der Waals surface area contributed by atoms with Crippen molar-refractivity contribution >= 4 is 0 Å². The molecule has 0 aromatic rings. The van der Waals surface area contributed by atoms with Crippen molar-refractivity contribution in [1.82, 2.24) is 5.32 Å². The van der Waals surface area contributed by atoms with Crippen molar-refractivity contribution in [3.05, 3.63) is 0 Å². The van der Waals surface area contributed by atoms with Gasteiger partial charge in [-0.05, 0) is 31.7 Å². The summed E-state index contributed by atoms with van der Waals surface area (Å²) in [6.07, 6.45) is 5.11. The van der Waals surface area contributed by atoms with E-state index in [1.165, 1.54) is 25.8 Å². The Balaban J connectivity index is 2.11. The molecular formula is C11H23NO. The van der Waals surface area contributed by atoms with Gasteiger partial charge in [0.15, 0.2) is 0 Å². The summed E-state index contributed by atoms with van der Waals surface area (Å²) in [7, 11) is 0. The molecule has 0 aromatic carbocycles. The highest BCUT2D eigenvalue weighted by molar-refractivity contribution is 4.77. The smallest absolute Gasteiger partial charge is 0.0619 e. The van der Waals surface area contributed by atoms with E-state index in [1.807, 2.05) is 0 Å². The molecule has 1 N–H and O–H groups in total. The monoisotopic (exact) mass is 185 g/mol. The van der Waals surface area contributed by atoms with E-state index in [9.17, 15) is 0 Å². The van der Waals surface area contributed by atoms with Crippen LogP contribution in [0, 0.1) is 5.92 Å². The average molecular weight is 185 g/mol. The van der Waals surface area contributed by atoms with E-state index < -0.39 is 0 Å². The SMILES string of the molecule is CCCOCC1CC(CC)CCN1. The van der Waals surface area contributed by atoms with E-state index in [2.05, 4.69) is 19.2 Å². The molecule has 0 radical (unpaired) electrons. The first-order chi connectivity index (χ1) is 6.36. The van der Waals surface area contributed by atoms with Gasteiger partial charge in [0.05, 0.1) is 6.61 Å². The van der Waals surface area contributed by atoms with Crippen molar-refractivity contribution in [3.8, 4) is 0 Å². The van der Waals surface area contributed by atoms with Gasteiger partial charge in [0, 0.05) is 12.6 Å². The summed E-state index contributed by atoms with van der Waals surface area (Å²) in [6.45, 7) is 7.45. The van der Waals surface area contributed by atoms with Crippen LogP contribution in [0.1, 0.15) is 39.5 Å². The van der Waals surface area contributed by atoms with Gasteiger partial charge in [-0.1, -0.05) is 20.3 Å². The van der Waals surface area contributed by atoms with E-state index in [-0.39, 0.29) is 0 Å². The average Bonchev–Trinajstić information content (AvgIpc) is 2.19. The molecule has 13 heavy (non-hydrogen) atoms. The zero-order valence-corrected chi connectivity index (χ0v) is 9.01. The largest absolute Gasteiger partial charge is 0.380 e. The molecule has 78 valence electrons. The van der Waals surface area contributed by atoms with Crippen molar-refractivity contribution in [3.63, 3.8) is 0 Å². The van der Waals surface area contributed by atoms with Gasteiger partial charge in [0.1, 0.15) is 0 Å². The maximum Gasteiger partial charge on any atom is 0.0619 e. The molecule has 1 heterocycles. The first-order valence-electron chi connectivity index (χ1n) is 5.68.